The second-order valence-corrected chi connectivity index (χ2v) is 5.88. The highest BCUT2D eigenvalue weighted by Gasteiger charge is 2.29. The van der Waals surface area contributed by atoms with Crippen LogP contribution in [0.1, 0.15) is 5.56 Å². The Bertz CT molecular complexity index is 403. The summed E-state index contributed by atoms with van der Waals surface area (Å²) in [5.74, 6) is 0. The van der Waals surface area contributed by atoms with Crippen molar-refractivity contribution in [1.82, 2.24) is 0 Å². The zero-order chi connectivity index (χ0) is 11.5. The first kappa shape index (κ1) is 12.8. The van der Waals surface area contributed by atoms with Crippen molar-refractivity contribution in [2.45, 2.75) is 16.5 Å². The smallest absolute Gasteiger partial charge is 0.270 e. The topological polar surface area (TPSA) is 54.4 Å². The molecule has 84 valence electrons. The van der Waals surface area contributed by atoms with Crippen molar-refractivity contribution in [2.24, 2.45) is 0 Å². The minimum absolute atomic E-state index is 0.0946. The third-order valence-electron chi connectivity index (χ3n) is 1.94. The van der Waals surface area contributed by atoms with E-state index in [1.807, 2.05) is 6.07 Å². The van der Waals surface area contributed by atoms with Crippen molar-refractivity contribution in [3.8, 4) is 0 Å². The normalized spacial score (nSPS) is 14.1. The van der Waals surface area contributed by atoms with Gasteiger partial charge in [0.15, 0.2) is 0 Å². The predicted octanol–water partition coefficient (Wildman–Crippen LogP) is 2.29. The van der Waals surface area contributed by atoms with Crippen LogP contribution in [0.4, 0.5) is 0 Å². The van der Waals surface area contributed by atoms with Gasteiger partial charge in [-0.15, -0.1) is 23.2 Å². The van der Waals surface area contributed by atoms with Crippen LogP contribution in [0.2, 0.25) is 0 Å². The fourth-order valence-corrected chi connectivity index (χ4v) is 2.79. The highest BCUT2D eigenvalue weighted by atomic mass is 35.5. The van der Waals surface area contributed by atoms with Crippen molar-refractivity contribution < 1.29 is 13.0 Å². The molecule has 0 aliphatic carbocycles. The van der Waals surface area contributed by atoms with Crippen LogP contribution in [0.3, 0.4) is 0 Å². The zero-order valence-electron chi connectivity index (χ0n) is 7.68. The van der Waals surface area contributed by atoms with Crippen LogP contribution in [0.25, 0.3) is 0 Å². The molecule has 0 bridgehead atoms. The summed E-state index contributed by atoms with van der Waals surface area (Å²) in [6.07, 6.45) is 0.0946. The summed E-state index contributed by atoms with van der Waals surface area (Å²) in [6, 6.07) is 8.84. The number of halogens is 2. The van der Waals surface area contributed by atoms with Gasteiger partial charge in [-0.1, -0.05) is 30.3 Å². The standard InChI is InChI=1S/C9H10Cl2O3S/c10-9(11)8(15(12,13)14)6-7-4-2-1-3-5-7/h1-5,8-9H,6H2,(H,12,13,14). The van der Waals surface area contributed by atoms with Crippen molar-refractivity contribution >= 4 is 33.3 Å². The first-order chi connectivity index (χ1) is 6.91. The highest BCUT2D eigenvalue weighted by molar-refractivity contribution is 7.86. The molecule has 1 unspecified atom stereocenters. The van der Waals surface area contributed by atoms with Gasteiger partial charge in [0.25, 0.3) is 10.1 Å². The van der Waals surface area contributed by atoms with Gasteiger partial charge in [-0.2, -0.15) is 8.42 Å². The van der Waals surface area contributed by atoms with Gasteiger partial charge in [0.1, 0.15) is 10.1 Å². The van der Waals surface area contributed by atoms with E-state index < -0.39 is 20.2 Å². The van der Waals surface area contributed by atoms with E-state index in [4.69, 9.17) is 27.8 Å². The molecule has 1 rings (SSSR count). The summed E-state index contributed by atoms with van der Waals surface area (Å²) in [4.78, 5) is -1.15. The molecule has 0 aliphatic rings. The summed E-state index contributed by atoms with van der Waals surface area (Å²) < 4.78 is 30.8. The summed E-state index contributed by atoms with van der Waals surface area (Å²) in [5.41, 5.74) is 0.756. The number of hydrogen-bond acceptors (Lipinski definition) is 2. The molecule has 6 heteroatoms. The minimum Gasteiger partial charge on any atom is -0.285 e. The van der Waals surface area contributed by atoms with Crippen molar-refractivity contribution in [2.75, 3.05) is 0 Å². The zero-order valence-corrected chi connectivity index (χ0v) is 10.0. The Morgan fingerprint density at radius 2 is 1.73 bits per heavy atom. The van der Waals surface area contributed by atoms with Crippen LogP contribution in [-0.2, 0) is 16.5 Å². The number of benzene rings is 1. The summed E-state index contributed by atoms with van der Waals surface area (Å²) in [7, 11) is -4.23. The lowest BCUT2D eigenvalue weighted by Crippen LogP contribution is -2.29. The van der Waals surface area contributed by atoms with Gasteiger partial charge in [-0.3, -0.25) is 4.55 Å². The van der Waals surface area contributed by atoms with E-state index >= 15 is 0 Å². The predicted molar refractivity (Wildman–Crippen MR) is 61.0 cm³/mol. The largest absolute Gasteiger partial charge is 0.285 e. The molecule has 0 saturated carbocycles. The Kier molecular flexibility index (Phi) is 4.40. The molecule has 0 spiro atoms. The number of rotatable bonds is 4. The van der Waals surface area contributed by atoms with E-state index in [1.165, 1.54) is 0 Å². The molecular formula is C9H10Cl2O3S. The third-order valence-corrected chi connectivity index (χ3v) is 4.05. The Morgan fingerprint density at radius 1 is 1.20 bits per heavy atom. The number of hydrogen-bond donors (Lipinski definition) is 1. The van der Waals surface area contributed by atoms with Gasteiger partial charge in [0.05, 0.1) is 0 Å². The average molecular weight is 269 g/mol. The molecule has 0 aromatic heterocycles. The van der Waals surface area contributed by atoms with E-state index in [1.54, 1.807) is 24.3 Å². The van der Waals surface area contributed by atoms with Crippen LogP contribution in [0.5, 0.6) is 0 Å². The number of alkyl halides is 2. The fourth-order valence-electron chi connectivity index (χ4n) is 1.17. The maximum Gasteiger partial charge on any atom is 0.270 e. The molecule has 0 amide bonds. The lowest BCUT2D eigenvalue weighted by molar-refractivity contribution is 0.468. The van der Waals surface area contributed by atoms with Gasteiger partial charge in [0.2, 0.25) is 0 Å². The van der Waals surface area contributed by atoms with Gasteiger partial charge >= 0.3 is 0 Å². The van der Waals surface area contributed by atoms with Crippen molar-refractivity contribution in [1.29, 1.82) is 0 Å². The van der Waals surface area contributed by atoms with E-state index in [2.05, 4.69) is 0 Å². The molecule has 0 radical (unpaired) electrons. The molecule has 0 aliphatic heterocycles. The Balaban J connectivity index is 2.87. The van der Waals surface area contributed by atoms with Gasteiger partial charge in [-0.05, 0) is 12.0 Å². The Labute approximate surface area is 98.8 Å². The molecule has 1 aromatic rings. The van der Waals surface area contributed by atoms with Crippen LogP contribution in [0.15, 0.2) is 30.3 Å². The van der Waals surface area contributed by atoms with Gasteiger partial charge in [-0.25, -0.2) is 0 Å². The monoisotopic (exact) mass is 268 g/mol. The molecule has 0 fully saturated rings. The van der Waals surface area contributed by atoms with Gasteiger partial charge in [0, 0.05) is 0 Å². The molecule has 1 N–H and O–H groups in total. The van der Waals surface area contributed by atoms with E-state index in [9.17, 15) is 8.42 Å². The quantitative estimate of drug-likeness (QED) is 0.674. The third kappa shape index (κ3) is 3.99. The Hall–Kier alpha value is -0.290. The summed E-state index contributed by atoms with van der Waals surface area (Å²) >= 11 is 11.0. The Morgan fingerprint density at radius 3 is 2.13 bits per heavy atom. The molecule has 1 atom stereocenters. The molecule has 3 nitrogen and oxygen atoms in total. The SMILES string of the molecule is O=S(=O)(O)C(Cc1ccccc1)C(Cl)Cl. The molecule has 15 heavy (non-hydrogen) atoms. The van der Waals surface area contributed by atoms with E-state index in [0.717, 1.165) is 5.56 Å². The fraction of sp³-hybridized carbons (Fsp3) is 0.333. The van der Waals surface area contributed by atoms with Crippen LogP contribution in [-0.4, -0.2) is 23.1 Å². The van der Waals surface area contributed by atoms with Crippen LogP contribution >= 0.6 is 23.2 Å². The lowest BCUT2D eigenvalue weighted by Gasteiger charge is -2.14. The summed E-state index contributed by atoms with van der Waals surface area (Å²) in [6.45, 7) is 0. The van der Waals surface area contributed by atoms with Gasteiger partial charge < -0.3 is 0 Å². The molecule has 1 aromatic carbocycles. The maximum atomic E-state index is 11.0. The summed E-state index contributed by atoms with van der Waals surface area (Å²) in [5, 5.41) is -1.19. The van der Waals surface area contributed by atoms with Crippen molar-refractivity contribution in [3.05, 3.63) is 35.9 Å². The lowest BCUT2D eigenvalue weighted by atomic mass is 10.1. The van der Waals surface area contributed by atoms with Crippen molar-refractivity contribution in [3.63, 3.8) is 0 Å². The first-order valence-electron chi connectivity index (χ1n) is 4.19. The van der Waals surface area contributed by atoms with Crippen LogP contribution in [0, 0.1) is 0 Å². The molecule has 0 heterocycles. The average Bonchev–Trinajstić information content (AvgIpc) is 2.13. The molecular weight excluding hydrogens is 259 g/mol. The first-order valence-corrected chi connectivity index (χ1v) is 6.57. The highest BCUT2D eigenvalue weighted by Crippen LogP contribution is 2.19. The van der Waals surface area contributed by atoms with E-state index in [0.29, 0.717) is 0 Å². The second-order valence-electron chi connectivity index (χ2n) is 3.08. The minimum atomic E-state index is -4.23. The van der Waals surface area contributed by atoms with Crippen LogP contribution < -0.4 is 0 Å². The maximum absolute atomic E-state index is 11.0. The molecule has 0 saturated heterocycles. The second kappa shape index (κ2) is 5.16. The van der Waals surface area contributed by atoms with E-state index in [-0.39, 0.29) is 6.42 Å².